The van der Waals surface area contributed by atoms with E-state index < -0.39 is 5.60 Å². The number of aliphatic hydroxyl groups is 2. The summed E-state index contributed by atoms with van der Waals surface area (Å²) in [6.07, 6.45) is 13.4. The molecule has 0 saturated carbocycles. The van der Waals surface area contributed by atoms with Crippen molar-refractivity contribution >= 4 is 57.7 Å². The number of halogens is 2. The van der Waals surface area contributed by atoms with E-state index in [0.29, 0.717) is 61.0 Å². The minimum absolute atomic E-state index is 0.00519. The van der Waals surface area contributed by atoms with Crippen molar-refractivity contribution in [2.24, 2.45) is 11.8 Å². The molecule has 350 valence electrons. The van der Waals surface area contributed by atoms with Gasteiger partial charge in [-0.1, -0.05) is 54.4 Å². The Morgan fingerprint density at radius 3 is 2.06 bits per heavy atom. The molecule has 0 radical (unpaired) electrons. The molecular formula is C48H50Cl2N14O4. The third-order valence-electron chi connectivity index (χ3n) is 12.7. The molecule has 8 heterocycles. The highest BCUT2D eigenvalue weighted by molar-refractivity contribution is 6.30. The van der Waals surface area contributed by atoms with Crippen molar-refractivity contribution < 1.29 is 19.8 Å². The SMILES string of the molecule is CC[C@H](NC(=O)C1CN(c2nc(CC(C)(O)Cn3cc(-c4cc5c(N6CC(C(=O)NCc7ccc(Cl)cc7)C6)ncnn5c4)cn3)nn3cc(-c4cnn(CCO)c4)cc23)C1)c1ccc(Cl)cc1. The fraction of sp³-hybridized carbons (Fsp3) is 0.333. The predicted molar refractivity (Wildman–Crippen MR) is 257 cm³/mol. The lowest BCUT2D eigenvalue weighted by Crippen LogP contribution is -2.54. The number of fused-ring (bicyclic) bond motifs is 2. The molecule has 2 atom stereocenters. The monoisotopic (exact) mass is 956 g/mol. The van der Waals surface area contributed by atoms with Crippen LogP contribution in [0.15, 0.2) is 104 Å². The number of benzene rings is 2. The Labute approximate surface area is 401 Å². The summed E-state index contributed by atoms with van der Waals surface area (Å²) in [6.45, 7) is 6.69. The molecule has 18 nitrogen and oxygen atoms in total. The largest absolute Gasteiger partial charge is 0.394 e. The Morgan fingerprint density at radius 2 is 1.38 bits per heavy atom. The Kier molecular flexibility index (Phi) is 12.3. The van der Waals surface area contributed by atoms with Crippen LogP contribution in [-0.2, 0) is 35.6 Å². The minimum atomic E-state index is -1.32. The zero-order chi connectivity index (χ0) is 47.1. The van der Waals surface area contributed by atoms with Crippen LogP contribution >= 0.6 is 23.2 Å². The Bertz CT molecular complexity index is 3100. The lowest BCUT2D eigenvalue weighted by atomic mass is 9.97. The van der Waals surface area contributed by atoms with Crippen LogP contribution in [0.2, 0.25) is 10.0 Å². The molecule has 4 N–H and O–H groups in total. The molecule has 2 aromatic carbocycles. The number of nitrogens with one attached hydrogen (secondary N) is 2. The third-order valence-corrected chi connectivity index (χ3v) is 13.2. The van der Waals surface area contributed by atoms with Gasteiger partial charge in [0, 0.05) is 96.2 Å². The van der Waals surface area contributed by atoms with E-state index in [-0.39, 0.29) is 49.3 Å². The second-order valence-corrected chi connectivity index (χ2v) is 18.8. The number of rotatable bonds is 17. The number of aromatic nitrogens is 10. The zero-order valence-corrected chi connectivity index (χ0v) is 39.0. The van der Waals surface area contributed by atoms with E-state index in [4.69, 9.17) is 33.3 Å². The van der Waals surface area contributed by atoms with Gasteiger partial charge in [0.1, 0.15) is 17.4 Å². The second kappa shape index (κ2) is 18.7. The summed E-state index contributed by atoms with van der Waals surface area (Å²) in [5.41, 5.74) is 5.63. The standard InChI is InChI=1S/C48H50Cl2N14O4/c1-3-40(31-6-10-39(50)11-7-31)56-47(67)37-22-60(23-37)45-42-15-33(34-18-53-61(24-34)12-13-65)27-64(42)58-43(57-45)16-48(2,68)28-62-25-35(19-54-62)32-14-41-44(52-29-55-63(41)26-32)59-20-36(21-59)46(66)51-17-30-4-8-38(49)9-5-30/h4-11,14-15,18-19,24-27,29,36-37,40,65,68H,3,12-13,16-17,20-23,28H2,1-2H3,(H,51,66)(H,56,67)/t40-,48?/m0/s1. The highest BCUT2D eigenvalue weighted by atomic mass is 35.5. The second-order valence-electron chi connectivity index (χ2n) is 17.9. The van der Waals surface area contributed by atoms with Crippen LogP contribution < -0.4 is 20.4 Å². The maximum atomic E-state index is 13.5. The van der Waals surface area contributed by atoms with Crippen LogP contribution in [-0.4, -0.2) is 109 Å². The normalized spacial score (nSPS) is 15.6. The van der Waals surface area contributed by atoms with Crippen LogP contribution in [0.1, 0.15) is 43.3 Å². The van der Waals surface area contributed by atoms with Crippen LogP contribution in [0.4, 0.5) is 11.6 Å². The van der Waals surface area contributed by atoms with Gasteiger partial charge in [-0.2, -0.15) is 20.4 Å². The average molecular weight is 958 g/mol. The molecule has 0 spiro atoms. The molecular weight excluding hydrogens is 908 g/mol. The van der Waals surface area contributed by atoms with Crippen LogP contribution in [0.3, 0.4) is 0 Å². The van der Waals surface area contributed by atoms with Gasteiger partial charge in [0.2, 0.25) is 11.8 Å². The van der Waals surface area contributed by atoms with E-state index in [1.165, 1.54) is 6.33 Å². The van der Waals surface area contributed by atoms with Crippen molar-refractivity contribution in [1.82, 2.24) is 59.4 Å². The summed E-state index contributed by atoms with van der Waals surface area (Å²) in [6, 6.07) is 18.8. The number of hydrogen-bond acceptors (Lipinski definition) is 12. The summed E-state index contributed by atoms with van der Waals surface area (Å²) in [7, 11) is 0. The molecule has 2 saturated heterocycles. The molecule has 0 bridgehead atoms. The van der Waals surface area contributed by atoms with Gasteiger partial charge in [-0.15, -0.1) is 0 Å². The van der Waals surface area contributed by atoms with Crippen molar-refractivity contribution in [3.63, 3.8) is 0 Å². The number of carbonyl (C=O) groups excluding carboxylic acids is 2. The molecule has 2 aliphatic rings. The summed E-state index contributed by atoms with van der Waals surface area (Å²) in [5, 5.41) is 47.3. The number of nitrogens with zero attached hydrogens (tertiary/aromatic N) is 12. The van der Waals surface area contributed by atoms with E-state index >= 15 is 0 Å². The van der Waals surface area contributed by atoms with Crippen LogP contribution in [0.25, 0.3) is 33.3 Å². The van der Waals surface area contributed by atoms with Gasteiger partial charge in [-0.3, -0.25) is 19.0 Å². The van der Waals surface area contributed by atoms with Crippen molar-refractivity contribution in [3.05, 3.63) is 131 Å². The van der Waals surface area contributed by atoms with Gasteiger partial charge < -0.3 is 30.6 Å². The van der Waals surface area contributed by atoms with E-state index in [1.54, 1.807) is 37.7 Å². The Hall–Kier alpha value is -6.86. The minimum Gasteiger partial charge on any atom is -0.394 e. The third kappa shape index (κ3) is 9.49. The topological polar surface area (TPSA) is 201 Å². The number of amides is 2. The number of aliphatic hydroxyl groups excluding tert-OH is 1. The fourth-order valence-corrected chi connectivity index (χ4v) is 9.12. The molecule has 1 unspecified atom stereocenters. The van der Waals surface area contributed by atoms with E-state index in [2.05, 4.69) is 40.7 Å². The zero-order valence-electron chi connectivity index (χ0n) is 37.5. The quantitative estimate of drug-likeness (QED) is 0.0926. The smallest absolute Gasteiger partial charge is 0.227 e. The van der Waals surface area contributed by atoms with Crippen LogP contribution in [0.5, 0.6) is 0 Å². The van der Waals surface area contributed by atoms with Crippen molar-refractivity contribution in [3.8, 4) is 22.3 Å². The molecule has 20 heteroatoms. The number of carbonyl (C=O) groups is 2. The highest BCUT2D eigenvalue weighted by Gasteiger charge is 2.37. The Morgan fingerprint density at radius 1 is 0.779 bits per heavy atom. The summed E-state index contributed by atoms with van der Waals surface area (Å²) in [5.74, 6) is 1.38. The summed E-state index contributed by atoms with van der Waals surface area (Å²) in [4.78, 5) is 40.2. The summed E-state index contributed by atoms with van der Waals surface area (Å²) >= 11 is 12.1. The lowest BCUT2D eigenvalue weighted by molar-refractivity contribution is -0.127. The number of anilines is 2. The molecule has 10 rings (SSSR count). The number of hydrogen-bond donors (Lipinski definition) is 4. The molecule has 2 amide bonds. The van der Waals surface area contributed by atoms with E-state index in [1.807, 2.05) is 92.4 Å². The molecule has 8 aromatic rings. The molecule has 6 aromatic heterocycles. The average Bonchev–Trinajstić information content (AvgIpc) is 4.12. The van der Waals surface area contributed by atoms with E-state index in [9.17, 15) is 19.8 Å². The van der Waals surface area contributed by atoms with Crippen LogP contribution in [0, 0.1) is 11.8 Å². The molecule has 0 aliphatic carbocycles. The van der Waals surface area contributed by atoms with Gasteiger partial charge in [0.25, 0.3) is 0 Å². The predicted octanol–water partition coefficient (Wildman–Crippen LogP) is 5.25. The van der Waals surface area contributed by atoms with Crippen molar-refractivity contribution in [1.29, 1.82) is 0 Å². The highest BCUT2D eigenvalue weighted by Crippen LogP contribution is 2.34. The van der Waals surface area contributed by atoms with Gasteiger partial charge in [0.05, 0.1) is 55.6 Å². The summed E-state index contributed by atoms with van der Waals surface area (Å²) < 4.78 is 6.93. The van der Waals surface area contributed by atoms with Gasteiger partial charge >= 0.3 is 0 Å². The first-order chi connectivity index (χ1) is 32.9. The first-order valence-electron chi connectivity index (χ1n) is 22.6. The van der Waals surface area contributed by atoms with E-state index in [0.717, 1.165) is 56.7 Å². The maximum absolute atomic E-state index is 13.5. The fourth-order valence-electron chi connectivity index (χ4n) is 8.87. The maximum Gasteiger partial charge on any atom is 0.227 e. The van der Waals surface area contributed by atoms with Gasteiger partial charge in [-0.25, -0.2) is 19.0 Å². The molecule has 2 aliphatic heterocycles. The first kappa shape index (κ1) is 44.9. The van der Waals surface area contributed by atoms with Gasteiger partial charge in [0.15, 0.2) is 17.5 Å². The van der Waals surface area contributed by atoms with Gasteiger partial charge in [-0.05, 0) is 60.9 Å². The first-order valence-corrected chi connectivity index (χ1v) is 23.3. The van der Waals surface area contributed by atoms with Crippen molar-refractivity contribution in [2.45, 2.75) is 58.0 Å². The molecule has 68 heavy (non-hydrogen) atoms. The molecule has 2 fully saturated rings. The lowest BCUT2D eigenvalue weighted by Gasteiger charge is -2.40. The van der Waals surface area contributed by atoms with Crippen molar-refractivity contribution in [2.75, 3.05) is 42.6 Å². The Balaban J connectivity index is 0.823.